The lowest BCUT2D eigenvalue weighted by Crippen LogP contribution is -2.32. The maximum atomic E-state index is 13.5. The molecule has 2 aromatic rings. The predicted molar refractivity (Wildman–Crippen MR) is 106 cm³/mol. The molecular weight excluding hydrogens is 382 g/mol. The van der Waals surface area contributed by atoms with Crippen molar-refractivity contribution in [1.29, 1.82) is 0 Å². The van der Waals surface area contributed by atoms with E-state index >= 15 is 0 Å². The number of rotatable bonds is 6. The number of hydrogen-bond acceptors (Lipinski definition) is 3. The van der Waals surface area contributed by atoms with E-state index < -0.39 is 21.7 Å². The predicted octanol–water partition coefficient (Wildman–Crippen LogP) is 3.95. The number of halogens is 2. The summed E-state index contributed by atoms with van der Waals surface area (Å²) in [4.78, 5) is 2.35. The van der Waals surface area contributed by atoms with Crippen molar-refractivity contribution in [3.63, 3.8) is 0 Å². The van der Waals surface area contributed by atoms with Crippen LogP contribution in [-0.2, 0) is 16.6 Å². The van der Waals surface area contributed by atoms with Crippen molar-refractivity contribution in [1.82, 2.24) is 9.62 Å². The van der Waals surface area contributed by atoms with E-state index in [0.29, 0.717) is 0 Å². The first-order chi connectivity index (χ1) is 13.2. The van der Waals surface area contributed by atoms with E-state index in [0.717, 1.165) is 49.9 Å². The summed E-state index contributed by atoms with van der Waals surface area (Å²) < 4.78 is 51.8. The van der Waals surface area contributed by atoms with Crippen LogP contribution in [0.4, 0.5) is 8.78 Å². The molecule has 3 rings (SSSR count). The molecule has 7 heteroatoms. The quantitative estimate of drug-likeness (QED) is 0.787. The molecule has 1 atom stereocenters. The Kier molecular flexibility index (Phi) is 6.47. The van der Waals surface area contributed by atoms with Crippen molar-refractivity contribution < 1.29 is 17.2 Å². The molecule has 1 unspecified atom stereocenters. The lowest BCUT2D eigenvalue weighted by Gasteiger charge is -2.32. The third-order valence-electron chi connectivity index (χ3n) is 5.28. The number of nitrogens with one attached hydrogen (secondary N) is 1. The molecule has 0 spiro atoms. The molecule has 28 heavy (non-hydrogen) atoms. The Morgan fingerprint density at radius 1 is 1.07 bits per heavy atom. The van der Waals surface area contributed by atoms with Crippen LogP contribution >= 0.6 is 0 Å². The summed E-state index contributed by atoms with van der Waals surface area (Å²) in [6.45, 7) is 4.44. The van der Waals surface area contributed by atoms with E-state index in [1.54, 1.807) is 6.07 Å². The van der Waals surface area contributed by atoms with Crippen LogP contribution in [-0.4, -0.2) is 32.7 Å². The molecule has 0 amide bonds. The Morgan fingerprint density at radius 3 is 2.29 bits per heavy atom. The summed E-state index contributed by atoms with van der Waals surface area (Å²) in [5, 5.41) is 0. The smallest absolute Gasteiger partial charge is 0.209 e. The Morgan fingerprint density at radius 2 is 1.71 bits per heavy atom. The Bertz CT molecular complexity index is 909. The molecule has 1 N–H and O–H groups in total. The van der Waals surface area contributed by atoms with Gasteiger partial charge in [-0.3, -0.25) is 4.90 Å². The summed E-state index contributed by atoms with van der Waals surface area (Å²) in [5.41, 5.74) is 2.96. The minimum absolute atomic E-state index is 0.261. The van der Waals surface area contributed by atoms with Crippen LogP contribution in [0, 0.1) is 11.6 Å². The highest BCUT2D eigenvalue weighted by Crippen LogP contribution is 2.29. The topological polar surface area (TPSA) is 49.4 Å². The van der Waals surface area contributed by atoms with Gasteiger partial charge in [-0.1, -0.05) is 30.3 Å². The van der Waals surface area contributed by atoms with Crippen molar-refractivity contribution in [2.24, 2.45) is 0 Å². The zero-order chi connectivity index (χ0) is 20.3. The van der Waals surface area contributed by atoms with Gasteiger partial charge in [0.2, 0.25) is 10.0 Å². The number of benzene rings is 2. The monoisotopic (exact) mass is 408 g/mol. The Hall–Kier alpha value is -1.83. The summed E-state index contributed by atoms with van der Waals surface area (Å²) in [6, 6.07) is 11.9. The zero-order valence-electron chi connectivity index (χ0n) is 16.2. The SMILES string of the molecule is CC(NS(C)(=O)=O)c1ccc(CN2CCC(c3ccc(F)c(F)c3)CC2)cc1. The van der Waals surface area contributed by atoms with Crippen LogP contribution < -0.4 is 4.72 Å². The number of likely N-dealkylation sites (tertiary alicyclic amines) is 1. The largest absolute Gasteiger partial charge is 0.299 e. The highest BCUT2D eigenvalue weighted by atomic mass is 32.2. The van der Waals surface area contributed by atoms with Gasteiger partial charge < -0.3 is 0 Å². The van der Waals surface area contributed by atoms with E-state index in [2.05, 4.69) is 9.62 Å². The molecule has 1 saturated heterocycles. The van der Waals surface area contributed by atoms with Gasteiger partial charge >= 0.3 is 0 Å². The van der Waals surface area contributed by atoms with E-state index in [9.17, 15) is 17.2 Å². The average molecular weight is 409 g/mol. The second kappa shape index (κ2) is 8.68. The van der Waals surface area contributed by atoms with Gasteiger partial charge in [0.05, 0.1) is 6.26 Å². The minimum Gasteiger partial charge on any atom is -0.299 e. The van der Waals surface area contributed by atoms with Crippen molar-refractivity contribution in [2.45, 2.75) is 38.3 Å². The summed E-state index contributed by atoms with van der Waals surface area (Å²) in [5.74, 6) is -1.32. The fourth-order valence-electron chi connectivity index (χ4n) is 3.75. The molecule has 1 aliphatic heterocycles. The fourth-order valence-corrected chi connectivity index (χ4v) is 4.53. The van der Waals surface area contributed by atoms with Crippen LogP contribution in [0.25, 0.3) is 0 Å². The van der Waals surface area contributed by atoms with Gasteiger partial charge in [0, 0.05) is 12.6 Å². The van der Waals surface area contributed by atoms with Crippen molar-refractivity contribution in [3.8, 4) is 0 Å². The molecule has 1 heterocycles. The molecular formula is C21H26F2N2O2S. The zero-order valence-corrected chi connectivity index (χ0v) is 17.0. The summed E-state index contributed by atoms with van der Waals surface area (Å²) in [7, 11) is -3.24. The first-order valence-corrected chi connectivity index (χ1v) is 11.3. The number of sulfonamides is 1. The van der Waals surface area contributed by atoms with Gasteiger partial charge in [-0.05, 0) is 67.6 Å². The second-order valence-corrected chi connectivity index (χ2v) is 9.36. The maximum Gasteiger partial charge on any atom is 0.209 e. The van der Waals surface area contributed by atoms with Crippen LogP contribution in [0.2, 0.25) is 0 Å². The fraction of sp³-hybridized carbons (Fsp3) is 0.429. The molecule has 1 fully saturated rings. The molecule has 2 aromatic carbocycles. The van der Waals surface area contributed by atoms with Gasteiger partial charge in [0.1, 0.15) is 0 Å². The van der Waals surface area contributed by atoms with Crippen LogP contribution in [0.5, 0.6) is 0 Å². The lowest BCUT2D eigenvalue weighted by molar-refractivity contribution is 0.204. The van der Waals surface area contributed by atoms with Crippen molar-refractivity contribution in [2.75, 3.05) is 19.3 Å². The van der Waals surface area contributed by atoms with E-state index in [1.165, 1.54) is 17.7 Å². The molecule has 1 aliphatic rings. The van der Waals surface area contributed by atoms with E-state index in [1.807, 2.05) is 31.2 Å². The molecule has 0 bridgehead atoms. The van der Waals surface area contributed by atoms with Gasteiger partial charge in [-0.2, -0.15) is 0 Å². The maximum absolute atomic E-state index is 13.5. The Labute approximate surface area is 165 Å². The first-order valence-electron chi connectivity index (χ1n) is 9.45. The third-order valence-corrected chi connectivity index (χ3v) is 6.06. The van der Waals surface area contributed by atoms with E-state index in [-0.39, 0.29) is 12.0 Å². The highest BCUT2D eigenvalue weighted by Gasteiger charge is 2.21. The van der Waals surface area contributed by atoms with Crippen molar-refractivity contribution >= 4 is 10.0 Å². The van der Waals surface area contributed by atoms with Gasteiger partial charge in [-0.15, -0.1) is 0 Å². The van der Waals surface area contributed by atoms with Crippen LogP contribution in [0.15, 0.2) is 42.5 Å². The van der Waals surface area contributed by atoms with Gasteiger partial charge in [-0.25, -0.2) is 21.9 Å². The van der Waals surface area contributed by atoms with Crippen LogP contribution in [0.3, 0.4) is 0 Å². The molecule has 0 radical (unpaired) electrons. The third kappa shape index (κ3) is 5.59. The number of hydrogen-bond donors (Lipinski definition) is 1. The first kappa shape index (κ1) is 20.9. The normalized spacial score (nSPS) is 17.6. The average Bonchev–Trinajstić information content (AvgIpc) is 2.64. The van der Waals surface area contributed by atoms with Gasteiger partial charge in [0.15, 0.2) is 11.6 Å². The molecule has 152 valence electrons. The highest BCUT2D eigenvalue weighted by molar-refractivity contribution is 7.88. The van der Waals surface area contributed by atoms with Crippen molar-refractivity contribution in [3.05, 3.63) is 70.8 Å². The molecule has 0 aromatic heterocycles. The number of piperidine rings is 1. The standard InChI is InChI=1S/C21H26F2N2O2S/c1-15(24-28(2,26)27)17-5-3-16(4-6-17)14-25-11-9-18(10-12-25)19-7-8-20(22)21(23)13-19/h3-8,13,15,18,24H,9-12,14H2,1-2H3. The molecule has 0 aliphatic carbocycles. The number of nitrogens with zero attached hydrogens (tertiary/aromatic N) is 1. The lowest BCUT2D eigenvalue weighted by atomic mass is 9.89. The second-order valence-electron chi connectivity index (χ2n) is 7.58. The Balaban J connectivity index is 1.54. The summed E-state index contributed by atoms with van der Waals surface area (Å²) in [6.07, 6.45) is 2.98. The van der Waals surface area contributed by atoms with Gasteiger partial charge in [0.25, 0.3) is 0 Å². The van der Waals surface area contributed by atoms with E-state index in [4.69, 9.17) is 0 Å². The summed E-state index contributed by atoms with van der Waals surface area (Å²) >= 11 is 0. The molecule has 0 saturated carbocycles. The van der Waals surface area contributed by atoms with Crippen LogP contribution in [0.1, 0.15) is 48.4 Å². The minimum atomic E-state index is -3.24. The molecule has 4 nitrogen and oxygen atoms in total.